The minimum atomic E-state index is 0.454. The number of nitrogens with zero attached hydrogens (tertiary/aromatic N) is 4. The van der Waals surface area contributed by atoms with Crippen molar-refractivity contribution in [1.29, 1.82) is 0 Å². The van der Waals surface area contributed by atoms with E-state index in [1.807, 2.05) is 12.1 Å². The molecule has 6 nitrogen and oxygen atoms in total. The molecule has 0 amide bonds. The lowest BCUT2D eigenvalue weighted by Gasteiger charge is -2.33. The Morgan fingerprint density at radius 1 is 1.07 bits per heavy atom. The van der Waals surface area contributed by atoms with Crippen LogP contribution in [-0.4, -0.2) is 46.1 Å². The van der Waals surface area contributed by atoms with Crippen LogP contribution in [0.25, 0.3) is 11.0 Å². The summed E-state index contributed by atoms with van der Waals surface area (Å²) in [5.74, 6) is 1.86. The highest BCUT2D eigenvalue weighted by atomic mass is 15.2. The second-order valence-corrected chi connectivity index (χ2v) is 7.95. The van der Waals surface area contributed by atoms with E-state index in [9.17, 15) is 0 Å². The van der Waals surface area contributed by atoms with Gasteiger partial charge in [-0.25, -0.2) is 9.98 Å². The molecule has 30 heavy (non-hydrogen) atoms. The lowest BCUT2D eigenvalue weighted by atomic mass is 10.0. The number of guanidine groups is 1. The van der Waals surface area contributed by atoms with E-state index in [4.69, 9.17) is 9.98 Å². The second-order valence-electron chi connectivity index (χ2n) is 7.95. The van der Waals surface area contributed by atoms with Gasteiger partial charge >= 0.3 is 0 Å². The Hall–Kier alpha value is -2.86. The quantitative estimate of drug-likeness (QED) is 0.489. The third kappa shape index (κ3) is 5.00. The lowest BCUT2D eigenvalue weighted by molar-refractivity contribution is 0.198. The zero-order valence-electron chi connectivity index (χ0n) is 18.0. The van der Waals surface area contributed by atoms with Gasteiger partial charge in [-0.05, 0) is 37.5 Å². The Kier molecular flexibility index (Phi) is 6.64. The van der Waals surface area contributed by atoms with Crippen LogP contribution >= 0.6 is 0 Å². The second kappa shape index (κ2) is 9.76. The summed E-state index contributed by atoms with van der Waals surface area (Å²) in [6.07, 6.45) is 2.26. The van der Waals surface area contributed by atoms with Crippen molar-refractivity contribution in [3.8, 4) is 0 Å². The molecule has 0 saturated carbocycles. The fourth-order valence-corrected chi connectivity index (χ4v) is 4.08. The minimum Gasteiger partial charge on any atom is -0.357 e. The summed E-state index contributed by atoms with van der Waals surface area (Å²) in [5, 5.41) is 7.03. The first-order chi connectivity index (χ1) is 14.7. The maximum absolute atomic E-state index is 4.82. The van der Waals surface area contributed by atoms with Crippen molar-refractivity contribution >= 4 is 17.0 Å². The Bertz CT molecular complexity index is 970. The zero-order chi connectivity index (χ0) is 20.8. The third-order valence-electron chi connectivity index (χ3n) is 5.78. The number of para-hydroxylation sites is 2. The van der Waals surface area contributed by atoms with Gasteiger partial charge in [0.15, 0.2) is 5.96 Å². The molecule has 1 aliphatic heterocycles. The molecule has 1 fully saturated rings. The highest BCUT2D eigenvalue weighted by Crippen LogP contribution is 2.16. The lowest BCUT2D eigenvalue weighted by Crippen LogP contribution is -2.48. The van der Waals surface area contributed by atoms with Gasteiger partial charge in [-0.15, -0.1) is 0 Å². The summed E-state index contributed by atoms with van der Waals surface area (Å²) < 4.78 is 2.13. The molecule has 4 rings (SSSR count). The van der Waals surface area contributed by atoms with E-state index in [-0.39, 0.29) is 0 Å². The number of fused-ring (bicyclic) bond motifs is 1. The molecule has 0 aliphatic carbocycles. The molecule has 2 heterocycles. The van der Waals surface area contributed by atoms with Crippen LogP contribution in [0, 0.1) is 0 Å². The SMILES string of the molecule is CCNC(=NCc1nc2ccccc2n1C)NC1CCN(Cc2ccccc2)CC1. The number of imidazole rings is 1. The normalized spacial score (nSPS) is 16.1. The van der Waals surface area contributed by atoms with Crippen LogP contribution in [0.5, 0.6) is 0 Å². The Balaban J connectivity index is 1.34. The molecule has 0 spiro atoms. The molecule has 1 aliphatic rings. The van der Waals surface area contributed by atoms with Crippen LogP contribution in [0.3, 0.4) is 0 Å². The number of benzene rings is 2. The van der Waals surface area contributed by atoms with Crippen molar-refractivity contribution in [3.63, 3.8) is 0 Å². The number of aryl methyl sites for hydroxylation is 1. The molecule has 158 valence electrons. The number of nitrogens with one attached hydrogen (secondary N) is 2. The average molecular weight is 405 g/mol. The molecular formula is C24H32N6. The summed E-state index contributed by atoms with van der Waals surface area (Å²) in [6.45, 7) is 6.77. The first-order valence-electron chi connectivity index (χ1n) is 10.9. The van der Waals surface area contributed by atoms with Crippen molar-refractivity contribution in [1.82, 2.24) is 25.1 Å². The monoisotopic (exact) mass is 404 g/mol. The van der Waals surface area contributed by atoms with Gasteiger partial charge in [-0.3, -0.25) is 4.90 Å². The average Bonchev–Trinajstić information content (AvgIpc) is 3.10. The topological polar surface area (TPSA) is 57.5 Å². The van der Waals surface area contributed by atoms with E-state index in [1.165, 1.54) is 5.56 Å². The number of piperidine rings is 1. The summed E-state index contributed by atoms with van der Waals surface area (Å²) in [5.41, 5.74) is 3.56. The number of aromatic nitrogens is 2. The maximum atomic E-state index is 4.82. The van der Waals surface area contributed by atoms with Crippen LogP contribution in [0.15, 0.2) is 59.6 Å². The predicted molar refractivity (Wildman–Crippen MR) is 123 cm³/mol. The molecule has 6 heteroatoms. The molecule has 2 N–H and O–H groups in total. The predicted octanol–water partition coefficient (Wildman–Crippen LogP) is 3.29. The van der Waals surface area contributed by atoms with E-state index < -0.39 is 0 Å². The van der Waals surface area contributed by atoms with Crippen molar-refractivity contribution in [2.75, 3.05) is 19.6 Å². The van der Waals surface area contributed by atoms with Gasteiger partial charge in [0.1, 0.15) is 12.4 Å². The van der Waals surface area contributed by atoms with Gasteiger partial charge in [0, 0.05) is 39.3 Å². The standard InChI is InChI=1S/C24H32N6/c1-3-25-24(26-17-23-28-21-11-7-8-12-22(21)29(23)2)27-20-13-15-30(16-14-20)18-19-9-5-4-6-10-19/h4-12,20H,3,13-18H2,1-2H3,(H2,25,26,27). The van der Waals surface area contributed by atoms with E-state index in [1.54, 1.807) is 0 Å². The van der Waals surface area contributed by atoms with E-state index >= 15 is 0 Å². The van der Waals surface area contributed by atoms with Crippen molar-refractivity contribution in [2.24, 2.45) is 12.0 Å². The number of rotatable bonds is 6. The molecular weight excluding hydrogens is 372 g/mol. The summed E-state index contributed by atoms with van der Waals surface area (Å²) in [6, 6.07) is 19.4. The molecule has 0 bridgehead atoms. The van der Waals surface area contributed by atoms with E-state index in [2.05, 4.69) is 76.5 Å². The minimum absolute atomic E-state index is 0.454. The number of likely N-dealkylation sites (tertiary alicyclic amines) is 1. The fourth-order valence-electron chi connectivity index (χ4n) is 4.08. The van der Waals surface area contributed by atoms with Gasteiger partial charge in [0.25, 0.3) is 0 Å². The smallest absolute Gasteiger partial charge is 0.191 e. The highest BCUT2D eigenvalue weighted by Gasteiger charge is 2.20. The Morgan fingerprint density at radius 2 is 1.80 bits per heavy atom. The van der Waals surface area contributed by atoms with Gasteiger partial charge in [0.05, 0.1) is 11.0 Å². The Morgan fingerprint density at radius 3 is 2.53 bits per heavy atom. The number of hydrogen-bond donors (Lipinski definition) is 2. The van der Waals surface area contributed by atoms with Crippen molar-refractivity contribution < 1.29 is 0 Å². The van der Waals surface area contributed by atoms with Gasteiger partial charge < -0.3 is 15.2 Å². The Labute approximate surface area is 179 Å². The first kappa shape index (κ1) is 20.4. The molecule has 1 saturated heterocycles. The molecule has 2 aromatic carbocycles. The highest BCUT2D eigenvalue weighted by molar-refractivity contribution is 5.80. The molecule has 1 aromatic heterocycles. The van der Waals surface area contributed by atoms with Crippen LogP contribution in [0.2, 0.25) is 0 Å². The molecule has 3 aromatic rings. The number of aliphatic imine (C=N–C) groups is 1. The van der Waals surface area contributed by atoms with Gasteiger partial charge in [0.2, 0.25) is 0 Å². The van der Waals surface area contributed by atoms with Crippen LogP contribution in [0.1, 0.15) is 31.2 Å². The van der Waals surface area contributed by atoms with E-state index in [0.717, 1.165) is 61.8 Å². The zero-order valence-corrected chi connectivity index (χ0v) is 18.0. The number of hydrogen-bond acceptors (Lipinski definition) is 3. The molecule has 0 atom stereocenters. The molecule has 0 radical (unpaired) electrons. The van der Waals surface area contributed by atoms with Crippen LogP contribution < -0.4 is 10.6 Å². The molecule has 0 unspecified atom stereocenters. The third-order valence-corrected chi connectivity index (χ3v) is 5.78. The van der Waals surface area contributed by atoms with Gasteiger partial charge in [-0.1, -0.05) is 42.5 Å². The van der Waals surface area contributed by atoms with Crippen LogP contribution in [0.4, 0.5) is 0 Å². The summed E-state index contributed by atoms with van der Waals surface area (Å²) >= 11 is 0. The van der Waals surface area contributed by atoms with Gasteiger partial charge in [-0.2, -0.15) is 0 Å². The van der Waals surface area contributed by atoms with E-state index in [0.29, 0.717) is 12.6 Å². The maximum Gasteiger partial charge on any atom is 0.191 e. The van der Waals surface area contributed by atoms with Crippen molar-refractivity contribution in [2.45, 2.75) is 38.9 Å². The summed E-state index contributed by atoms with van der Waals surface area (Å²) in [7, 11) is 2.06. The fraction of sp³-hybridized carbons (Fsp3) is 0.417. The largest absolute Gasteiger partial charge is 0.357 e. The van der Waals surface area contributed by atoms with Crippen molar-refractivity contribution in [3.05, 3.63) is 66.0 Å². The van der Waals surface area contributed by atoms with Crippen LogP contribution in [-0.2, 0) is 20.1 Å². The first-order valence-corrected chi connectivity index (χ1v) is 10.9. The summed E-state index contributed by atoms with van der Waals surface area (Å²) in [4.78, 5) is 12.1.